The van der Waals surface area contributed by atoms with Crippen LogP contribution in [0.3, 0.4) is 0 Å². The van der Waals surface area contributed by atoms with Gasteiger partial charge in [-0.3, -0.25) is 20.4 Å². The highest BCUT2D eigenvalue weighted by Gasteiger charge is 2.31. The molecule has 0 spiro atoms. The third-order valence-corrected chi connectivity index (χ3v) is 4.15. The number of thiol groups is 1. The van der Waals surface area contributed by atoms with Crippen molar-refractivity contribution >= 4 is 53.0 Å². The number of para-hydroxylation sites is 1. The van der Waals surface area contributed by atoms with E-state index in [2.05, 4.69) is 38.9 Å². The summed E-state index contributed by atoms with van der Waals surface area (Å²) >= 11 is 9.12. The molecule has 0 aliphatic heterocycles. The lowest BCUT2D eigenvalue weighted by atomic mass is 10.2. The molecule has 32 heavy (non-hydrogen) atoms. The standard InChI is InChI=1S/C19H18F4N4O3S2/c20-14-3-1-2-4-15(14)25-18(32)27-26-16(29)9-12(28)10-17(31)24-11-5-7-13(8-6-11)30-19(21,22)23/h1-8,17,24,31H,9-10H2,(H,26,29)(H2,25,27,32). The first-order valence-corrected chi connectivity index (χ1v) is 9.87. The number of Topliss-reactive ketones (excluding diaryl/α,β-unsaturated/α-hetero) is 1. The Hall–Kier alpha value is -3.06. The number of hydrazine groups is 1. The molecule has 0 aromatic heterocycles. The Morgan fingerprint density at radius 1 is 1.06 bits per heavy atom. The van der Waals surface area contributed by atoms with Crippen LogP contribution in [0.2, 0.25) is 0 Å². The summed E-state index contributed by atoms with van der Waals surface area (Å²) in [6, 6.07) is 10.7. The molecule has 7 nitrogen and oxygen atoms in total. The molecule has 0 saturated heterocycles. The summed E-state index contributed by atoms with van der Waals surface area (Å²) in [5.74, 6) is -2.06. The Balaban J connectivity index is 1.71. The number of rotatable bonds is 8. The van der Waals surface area contributed by atoms with E-state index in [1.165, 1.54) is 30.3 Å². The van der Waals surface area contributed by atoms with Gasteiger partial charge in [0.25, 0.3) is 0 Å². The number of ether oxygens (including phenoxy) is 1. The normalized spacial score (nSPS) is 11.8. The molecule has 4 N–H and O–H groups in total. The maximum Gasteiger partial charge on any atom is 0.573 e. The molecule has 2 aromatic carbocycles. The number of nitrogens with one attached hydrogen (secondary N) is 4. The molecule has 1 amide bonds. The third-order valence-electron chi connectivity index (χ3n) is 3.64. The molecule has 0 heterocycles. The van der Waals surface area contributed by atoms with Crippen LogP contribution in [0.5, 0.6) is 5.75 Å². The van der Waals surface area contributed by atoms with Crippen LogP contribution < -0.4 is 26.2 Å². The van der Waals surface area contributed by atoms with Gasteiger partial charge in [-0.15, -0.1) is 13.2 Å². The number of benzene rings is 2. The van der Waals surface area contributed by atoms with Crippen molar-refractivity contribution in [3.63, 3.8) is 0 Å². The number of carbonyl (C=O) groups excluding carboxylic acids is 2. The van der Waals surface area contributed by atoms with Crippen molar-refractivity contribution in [3.05, 3.63) is 54.3 Å². The molecule has 0 radical (unpaired) electrons. The van der Waals surface area contributed by atoms with Crippen molar-refractivity contribution in [1.29, 1.82) is 0 Å². The smallest absolute Gasteiger partial charge is 0.406 e. The van der Waals surface area contributed by atoms with E-state index in [0.717, 1.165) is 12.1 Å². The molecule has 2 aromatic rings. The first kappa shape index (κ1) is 25.2. The van der Waals surface area contributed by atoms with Gasteiger partial charge in [0, 0.05) is 12.1 Å². The van der Waals surface area contributed by atoms with Gasteiger partial charge in [0.2, 0.25) is 5.91 Å². The van der Waals surface area contributed by atoms with Crippen LogP contribution in [-0.4, -0.2) is 28.5 Å². The summed E-state index contributed by atoms with van der Waals surface area (Å²) in [6.45, 7) is 0. The maximum absolute atomic E-state index is 13.5. The fourth-order valence-corrected chi connectivity index (χ4v) is 2.86. The average molecular weight is 491 g/mol. The second-order valence-electron chi connectivity index (χ2n) is 6.26. The lowest BCUT2D eigenvalue weighted by Crippen LogP contribution is -2.44. The van der Waals surface area contributed by atoms with E-state index in [1.54, 1.807) is 6.07 Å². The van der Waals surface area contributed by atoms with E-state index in [0.29, 0.717) is 5.69 Å². The van der Waals surface area contributed by atoms with E-state index >= 15 is 0 Å². The van der Waals surface area contributed by atoms with Crippen LogP contribution in [0, 0.1) is 5.82 Å². The Labute approximate surface area is 191 Å². The maximum atomic E-state index is 13.5. The van der Waals surface area contributed by atoms with Crippen LogP contribution in [0.25, 0.3) is 0 Å². The summed E-state index contributed by atoms with van der Waals surface area (Å²) in [5.41, 5.74) is 5.08. The summed E-state index contributed by atoms with van der Waals surface area (Å²) in [7, 11) is 0. The topological polar surface area (TPSA) is 91.5 Å². The number of anilines is 2. The molecule has 0 bridgehead atoms. The Morgan fingerprint density at radius 2 is 1.72 bits per heavy atom. The number of thiocarbonyl (C=S) groups is 1. The van der Waals surface area contributed by atoms with Crippen molar-refractivity contribution in [2.45, 2.75) is 24.6 Å². The molecule has 0 saturated carbocycles. The quantitative estimate of drug-likeness (QED) is 0.0962. The minimum atomic E-state index is -4.79. The van der Waals surface area contributed by atoms with Crippen LogP contribution in [0.1, 0.15) is 12.8 Å². The van der Waals surface area contributed by atoms with E-state index in [1.807, 2.05) is 0 Å². The van der Waals surface area contributed by atoms with E-state index in [9.17, 15) is 27.2 Å². The average Bonchev–Trinajstić information content (AvgIpc) is 2.68. The number of amides is 1. The van der Waals surface area contributed by atoms with Crippen molar-refractivity contribution in [3.8, 4) is 5.75 Å². The zero-order valence-electron chi connectivity index (χ0n) is 16.2. The molecule has 0 aliphatic rings. The molecule has 2 rings (SSSR count). The molecule has 1 unspecified atom stereocenters. The summed E-state index contributed by atoms with van der Waals surface area (Å²) < 4.78 is 53.8. The monoisotopic (exact) mass is 490 g/mol. The van der Waals surface area contributed by atoms with Gasteiger partial charge in [0.15, 0.2) is 5.11 Å². The fraction of sp³-hybridized carbons (Fsp3) is 0.211. The Kier molecular flexibility index (Phi) is 9.08. The van der Waals surface area contributed by atoms with E-state index in [-0.39, 0.29) is 23.0 Å². The van der Waals surface area contributed by atoms with Crippen LogP contribution in [0.4, 0.5) is 28.9 Å². The lowest BCUT2D eigenvalue weighted by molar-refractivity contribution is -0.274. The van der Waals surface area contributed by atoms with E-state index in [4.69, 9.17) is 12.2 Å². The SMILES string of the molecule is O=C(CC(=O)NNC(=S)Nc1ccccc1F)CC(S)Nc1ccc(OC(F)(F)F)cc1. The van der Waals surface area contributed by atoms with Crippen molar-refractivity contribution in [1.82, 2.24) is 10.9 Å². The van der Waals surface area contributed by atoms with Gasteiger partial charge in [-0.05, 0) is 48.6 Å². The van der Waals surface area contributed by atoms with Gasteiger partial charge in [0.05, 0.1) is 17.5 Å². The van der Waals surface area contributed by atoms with Crippen LogP contribution in [-0.2, 0) is 9.59 Å². The zero-order chi connectivity index (χ0) is 23.7. The number of alkyl halides is 3. The first-order valence-electron chi connectivity index (χ1n) is 8.94. The predicted molar refractivity (Wildman–Crippen MR) is 118 cm³/mol. The molecule has 1 atom stereocenters. The molecular formula is C19H18F4N4O3S2. The molecule has 13 heteroatoms. The predicted octanol–water partition coefficient (Wildman–Crippen LogP) is 3.76. The highest BCUT2D eigenvalue weighted by Crippen LogP contribution is 2.24. The van der Waals surface area contributed by atoms with E-state index < -0.39 is 35.7 Å². The molecular weight excluding hydrogens is 472 g/mol. The van der Waals surface area contributed by atoms with Crippen molar-refractivity contribution < 1.29 is 31.9 Å². The molecule has 0 fully saturated rings. The van der Waals surface area contributed by atoms with Crippen molar-refractivity contribution in [2.24, 2.45) is 0 Å². The minimum Gasteiger partial charge on any atom is -0.406 e. The highest BCUT2D eigenvalue weighted by atomic mass is 32.1. The zero-order valence-corrected chi connectivity index (χ0v) is 17.9. The van der Waals surface area contributed by atoms with Gasteiger partial charge in [-0.25, -0.2) is 4.39 Å². The second-order valence-corrected chi connectivity index (χ2v) is 7.29. The second kappa shape index (κ2) is 11.5. The first-order chi connectivity index (χ1) is 15.0. The van der Waals surface area contributed by atoms with Gasteiger partial charge in [0.1, 0.15) is 17.3 Å². The third kappa shape index (κ3) is 9.39. The number of carbonyl (C=O) groups is 2. The molecule has 172 valence electrons. The van der Waals surface area contributed by atoms with Crippen molar-refractivity contribution in [2.75, 3.05) is 10.6 Å². The number of halogens is 4. The highest BCUT2D eigenvalue weighted by molar-refractivity contribution is 7.81. The van der Waals surface area contributed by atoms with Gasteiger partial charge in [-0.2, -0.15) is 12.6 Å². The number of ketones is 1. The summed E-state index contributed by atoms with van der Waals surface area (Å²) in [5, 5.41) is 4.58. The Bertz CT molecular complexity index is 958. The summed E-state index contributed by atoms with van der Waals surface area (Å²) in [4.78, 5) is 23.9. The van der Waals surface area contributed by atoms with Gasteiger partial charge >= 0.3 is 6.36 Å². The van der Waals surface area contributed by atoms with Crippen LogP contribution >= 0.6 is 24.8 Å². The number of hydrogen-bond donors (Lipinski definition) is 5. The number of hydrogen-bond acceptors (Lipinski definition) is 6. The summed E-state index contributed by atoms with van der Waals surface area (Å²) in [6.07, 6.45) is -5.41. The molecule has 0 aliphatic carbocycles. The largest absolute Gasteiger partial charge is 0.573 e. The minimum absolute atomic E-state index is 0.0809. The Morgan fingerprint density at radius 3 is 2.34 bits per heavy atom. The lowest BCUT2D eigenvalue weighted by Gasteiger charge is -2.15. The van der Waals surface area contributed by atoms with Gasteiger partial charge < -0.3 is 15.4 Å². The van der Waals surface area contributed by atoms with Crippen LogP contribution in [0.15, 0.2) is 48.5 Å². The van der Waals surface area contributed by atoms with Gasteiger partial charge in [-0.1, -0.05) is 12.1 Å². The fourth-order valence-electron chi connectivity index (χ4n) is 2.35.